The van der Waals surface area contributed by atoms with Gasteiger partial charge in [0.05, 0.1) is 11.8 Å². The summed E-state index contributed by atoms with van der Waals surface area (Å²) in [4.78, 5) is 24.6. The second kappa shape index (κ2) is 8.44. The first-order chi connectivity index (χ1) is 14.6. The number of hydrogen-bond donors (Lipinski definition) is 1. The Morgan fingerprint density at radius 3 is 2.63 bits per heavy atom. The molecule has 4 aromatic rings. The number of hydrogen-bond acceptors (Lipinski definition) is 7. The minimum Gasteiger partial charge on any atom is -0.459 e. The average molecular weight is 403 g/mol. The molecule has 0 unspecified atom stereocenters. The molecule has 30 heavy (non-hydrogen) atoms. The lowest BCUT2D eigenvalue weighted by molar-refractivity contribution is 0.0438. The van der Waals surface area contributed by atoms with Crippen molar-refractivity contribution in [2.24, 2.45) is 0 Å². The summed E-state index contributed by atoms with van der Waals surface area (Å²) in [6.45, 7) is 1.65. The van der Waals surface area contributed by atoms with E-state index in [0.29, 0.717) is 11.6 Å². The average Bonchev–Trinajstić information content (AvgIpc) is 3.46. The molecule has 0 saturated carbocycles. The second-order valence-corrected chi connectivity index (χ2v) is 6.40. The lowest BCUT2D eigenvalue weighted by Crippen LogP contribution is -2.13. The molecular formula is C22H17N3O5. The van der Waals surface area contributed by atoms with Gasteiger partial charge in [0.2, 0.25) is 5.89 Å². The van der Waals surface area contributed by atoms with Crippen LogP contribution >= 0.6 is 0 Å². The zero-order chi connectivity index (χ0) is 20.9. The third kappa shape index (κ3) is 4.27. The van der Waals surface area contributed by atoms with Crippen LogP contribution in [-0.2, 0) is 11.3 Å². The molecule has 0 saturated heterocycles. The predicted molar refractivity (Wildman–Crippen MR) is 107 cm³/mol. The molecule has 0 aliphatic heterocycles. The van der Waals surface area contributed by atoms with E-state index in [9.17, 15) is 9.59 Å². The van der Waals surface area contributed by atoms with E-state index >= 15 is 0 Å². The van der Waals surface area contributed by atoms with Crippen LogP contribution < -0.4 is 5.32 Å². The van der Waals surface area contributed by atoms with Crippen molar-refractivity contribution in [2.75, 3.05) is 5.32 Å². The van der Waals surface area contributed by atoms with Gasteiger partial charge in [-0.05, 0) is 48.9 Å². The quantitative estimate of drug-likeness (QED) is 0.480. The van der Waals surface area contributed by atoms with Gasteiger partial charge >= 0.3 is 5.97 Å². The molecule has 1 N–H and O–H groups in total. The number of nitrogens with zero attached hydrogens (tertiary/aromatic N) is 2. The van der Waals surface area contributed by atoms with Crippen LogP contribution in [0.25, 0.3) is 11.5 Å². The highest BCUT2D eigenvalue weighted by atomic mass is 16.5. The Bertz CT molecular complexity index is 1170. The Labute approximate surface area is 171 Å². The standard InChI is InChI=1S/C22H17N3O5/c1-14-9-10-16(12-17(14)23-20(26)18-8-5-11-28-18)22(27)29-13-19-24-25-21(30-19)15-6-3-2-4-7-15/h2-12H,13H2,1H3,(H,23,26). The fraction of sp³-hybridized carbons (Fsp3) is 0.0909. The van der Waals surface area contributed by atoms with Crippen LogP contribution in [-0.4, -0.2) is 22.1 Å². The second-order valence-electron chi connectivity index (χ2n) is 6.40. The normalized spacial score (nSPS) is 10.6. The molecule has 2 aromatic heterocycles. The summed E-state index contributed by atoms with van der Waals surface area (Å²) in [6, 6.07) is 17.3. The van der Waals surface area contributed by atoms with E-state index in [1.54, 1.807) is 30.3 Å². The summed E-state index contributed by atoms with van der Waals surface area (Å²) < 4.78 is 15.9. The summed E-state index contributed by atoms with van der Waals surface area (Å²) in [7, 11) is 0. The van der Waals surface area contributed by atoms with E-state index < -0.39 is 11.9 Å². The largest absolute Gasteiger partial charge is 0.459 e. The first-order valence-electron chi connectivity index (χ1n) is 9.10. The number of amides is 1. The number of anilines is 1. The van der Waals surface area contributed by atoms with Crippen molar-refractivity contribution in [2.45, 2.75) is 13.5 Å². The number of aromatic nitrogens is 2. The van der Waals surface area contributed by atoms with Gasteiger partial charge in [0, 0.05) is 11.3 Å². The molecule has 8 heteroatoms. The third-order valence-electron chi connectivity index (χ3n) is 4.28. The maximum absolute atomic E-state index is 12.4. The first kappa shape index (κ1) is 19.1. The van der Waals surface area contributed by atoms with Crippen molar-refractivity contribution in [1.29, 1.82) is 0 Å². The van der Waals surface area contributed by atoms with Crippen LogP contribution in [0.15, 0.2) is 75.8 Å². The minimum absolute atomic E-state index is 0.166. The fourth-order valence-corrected chi connectivity index (χ4v) is 2.70. The van der Waals surface area contributed by atoms with Gasteiger partial charge in [0.15, 0.2) is 12.4 Å². The van der Waals surface area contributed by atoms with E-state index in [-0.39, 0.29) is 23.8 Å². The van der Waals surface area contributed by atoms with Crippen LogP contribution in [0.5, 0.6) is 0 Å². The molecular weight excluding hydrogens is 386 g/mol. The molecule has 4 rings (SSSR count). The van der Waals surface area contributed by atoms with E-state index in [1.165, 1.54) is 6.26 Å². The van der Waals surface area contributed by atoms with Gasteiger partial charge < -0.3 is 18.9 Å². The number of rotatable bonds is 6. The van der Waals surface area contributed by atoms with Gasteiger partial charge in [0.1, 0.15) is 0 Å². The number of carbonyl (C=O) groups is 2. The molecule has 0 aliphatic carbocycles. The van der Waals surface area contributed by atoms with Crippen LogP contribution in [0.2, 0.25) is 0 Å². The van der Waals surface area contributed by atoms with Crippen molar-refractivity contribution >= 4 is 17.6 Å². The Morgan fingerprint density at radius 1 is 1.03 bits per heavy atom. The third-order valence-corrected chi connectivity index (χ3v) is 4.28. The summed E-state index contributed by atoms with van der Waals surface area (Å²) >= 11 is 0. The van der Waals surface area contributed by atoms with Gasteiger partial charge in [-0.15, -0.1) is 10.2 Å². The van der Waals surface area contributed by atoms with Crippen molar-refractivity contribution in [3.63, 3.8) is 0 Å². The SMILES string of the molecule is Cc1ccc(C(=O)OCc2nnc(-c3ccccc3)o2)cc1NC(=O)c1ccco1. The van der Waals surface area contributed by atoms with Gasteiger partial charge in [-0.3, -0.25) is 4.79 Å². The maximum Gasteiger partial charge on any atom is 0.338 e. The Kier molecular flexibility index (Phi) is 5.38. The monoisotopic (exact) mass is 403 g/mol. The van der Waals surface area contributed by atoms with Gasteiger partial charge in [-0.25, -0.2) is 4.79 Å². The van der Waals surface area contributed by atoms with Crippen LogP contribution in [0.4, 0.5) is 5.69 Å². The number of carbonyl (C=O) groups excluding carboxylic acids is 2. The Balaban J connectivity index is 1.41. The fourth-order valence-electron chi connectivity index (χ4n) is 2.70. The van der Waals surface area contributed by atoms with Gasteiger partial charge in [-0.2, -0.15) is 0 Å². The Hall–Kier alpha value is -4.20. The van der Waals surface area contributed by atoms with Crippen molar-refractivity contribution in [1.82, 2.24) is 10.2 Å². The Morgan fingerprint density at radius 2 is 1.87 bits per heavy atom. The predicted octanol–water partition coefficient (Wildman–Crippen LogP) is 4.25. The number of aryl methyl sites for hydroxylation is 1. The van der Waals surface area contributed by atoms with Gasteiger partial charge in [0.25, 0.3) is 11.8 Å². The minimum atomic E-state index is -0.581. The van der Waals surface area contributed by atoms with Crippen LogP contribution in [0.3, 0.4) is 0 Å². The molecule has 150 valence electrons. The highest BCUT2D eigenvalue weighted by molar-refractivity contribution is 6.03. The first-order valence-corrected chi connectivity index (χ1v) is 9.10. The highest BCUT2D eigenvalue weighted by Gasteiger charge is 2.15. The molecule has 1 amide bonds. The van der Waals surface area contributed by atoms with Gasteiger partial charge in [-0.1, -0.05) is 24.3 Å². The zero-order valence-electron chi connectivity index (χ0n) is 16.0. The molecule has 0 fully saturated rings. The van der Waals surface area contributed by atoms with Crippen molar-refractivity contribution in [3.05, 3.63) is 89.7 Å². The molecule has 2 aromatic carbocycles. The molecule has 2 heterocycles. The summed E-state index contributed by atoms with van der Waals surface area (Å²) in [5, 5.41) is 10.6. The van der Waals surface area contributed by atoms with Crippen LogP contribution in [0, 0.1) is 6.92 Å². The molecule has 0 spiro atoms. The number of nitrogens with one attached hydrogen (secondary N) is 1. The summed E-state index contributed by atoms with van der Waals surface area (Å²) in [5.41, 5.74) is 2.32. The maximum atomic E-state index is 12.4. The number of furan rings is 1. The van der Waals surface area contributed by atoms with E-state index in [4.69, 9.17) is 13.6 Å². The zero-order valence-corrected chi connectivity index (χ0v) is 16.0. The molecule has 0 bridgehead atoms. The number of esters is 1. The number of benzene rings is 2. The molecule has 0 atom stereocenters. The molecule has 0 aliphatic rings. The summed E-state index contributed by atoms with van der Waals surface area (Å²) in [5.74, 6) is -0.288. The lowest BCUT2D eigenvalue weighted by atomic mass is 10.1. The summed E-state index contributed by atoms with van der Waals surface area (Å²) in [6.07, 6.45) is 1.41. The van der Waals surface area contributed by atoms with E-state index in [0.717, 1.165) is 11.1 Å². The van der Waals surface area contributed by atoms with Crippen molar-refractivity contribution < 1.29 is 23.2 Å². The van der Waals surface area contributed by atoms with Crippen molar-refractivity contribution in [3.8, 4) is 11.5 Å². The highest BCUT2D eigenvalue weighted by Crippen LogP contribution is 2.20. The van der Waals surface area contributed by atoms with E-state index in [1.807, 2.05) is 37.3 Å². The van der Waals surface area contributed by atoms with E-state index in [2.05, 4.69) is 15.5 Å². The lowest BCUT2D eigenvalue weighted by Gasteiger charge is -2.09. The smallest absolute Gasteiger partial charge is 0.338 e. The number of ether oxygens (including phenoxy) is 1. The molecule has 0 radical (unpaired) electrons. The molecule has 8 nitrogen and oxygen atoms in total. The topological polar surface area (TPSA) is 107 Å². The van der Waals surface area contributed by atoms with Crippen LogP contribution in [0.1, 0.15) is 32.4 Å².